The van der Waals surface area contributed by atoms with E-state index in [2.05, 4.69) is 0 Å². The molecule has 17 heavy (non-hydrogen) atoms. The fraction of sp³-hybridized carbons (Fsp3) is 0. The summed E-state index contributed by atoms with van der Waals surface area (Å²) in [4.78, 5) is 0. The van der Waals surface area contributed by atoms with Crippen molar-refractivity contribution in [3.05, 3.63) is 35.2 Å². The molecule has 11 heteroatoms. The normalized spacial score (nSPS) is 8.76. The summed E-state index contributed by atoms with van der Waals surface area (Å²) >= 11 is 14.8. The molecule has 0 aromatic heterocycles. The van der Waals surface area contributed by atoms with Crippen molar-refractivity contribution in [2.24, 2.45) is 0 Å². The van der Waals surface area contributed by atoms with E-state index in [9.17, 15) is 22.0 Å². The Balaban J connectivity index is -0.000000289. The molecular weight excluding hydrogens is 406 g/mol. The first-order valence-corrected chi connectivity index (χ1v) is 8.34. The Labute approximate surface area is 136 Å². The van der Waals surface area contributed by atoms with E-state index in [4.69, 9.17) is 33.2 Å². The Morgan fingerprint density at radius 2 is 1.00 bits per heavy atom. The number of benzene rings is 1. The third-order valence-corrected chi connectivity index (χ3v) is 0.990. The molecule has 0 radical (unpaired) electrons. The van der Waals surface area contributed by atoms with Crippen LogP contribution >= 0.6 is 33.2 Å². The average molecular weight is 407 g/mol. The van der Waals surface area contributed by atoms with Crippen molar-refractivity contribution >= 4 is 63.0 Å². The predicted octanol–water partition coefficient (Wildman–Crippen LogP) is 0.225. The monoisotopic (exact) mass is 404 g/mol. The maximum atomic E-state index is 12.0. The van der Waals surface area contributed by atoms with Crippen molar-refractivity contribution in [1.82, 2.24) is 0 Å². The predicted molar refractivity (Wildman–Crippen MR) is 55.5 cm³/mol. The zero-order valence-corrected chi connectivity index (χ0v) is 14.1. The van der Waals surface area contributed by atoms with E-state index in [-0.39, 0.29) is 40.0 Å². The molecule has 1 rings (SSSR count). The molecule has 0 unspecified atom stereocenters. The Kier molecular flexibility index (Phi) is 15.2. The first-order chi connectivity index (χ1) is 6.77. The van der Waals surface area contributed by atoms with Gasteiger partial charge in [0, 0.05) is 0 Å². The van der Waals surface area contributed by atoms with Crippen molar-refractivity contribution in [3.63, 3.8) is 0 Å². The Morgan fingerprint density at radius 1 is 0.765 bits per heavy atom. The summed E-state index contributed by atoms with van der Waals surface area (Å²) in [6.45, 7) is -1.72. The topological polar surface area (TPSA) is 0 Å². The van der Waals surface area contributed by atoms with Gasteiger partial charge in [0.15, 0.2) is 0 Å². The van der Waals surface area contributed by atoms with Crippen molar-refractivity contribution in [2.75, 3.05) is 0 Å². The fourth-order valence-corrected chi connectivity index (χ4v) is 0.495. The second kappa shape index (κ2) is 11.1. The van der Waals surface area contributed by atoms with Gasteiger partial charge in [-0.15, -0.1) is 39.3 Å². The third-order valence-electron chi connectivity index (χ3n) is 0.990. The van der Waals surface area contributed by atoms with E-state index in [1.807, 2.05) is 0 Å². The van der Waals surface area contributed by atoms with Crippen LogP contribution in [0.2, 0.25) is 0 Å². The maximum Gasteiger partial charge on any atom is 2.00 e. The zero-order valence-electron chi connectivity index (χ0n) is 7.69. The number of rotatable bonds is 0. The summed E-state index contributed by atoms with van der Waals surface area (Å²) in [5.41, 5.74) is 0. The molecule has 1 aromatic rings. The minimum atomic E-state index is -2.17. The quantitative estimate of drug-likeness (QED) is 0.144. The van der Waals surface area contributed by atoms with Crippen molar-refractivity contribution in [2.45, 2.75) is 0 Å². The number of hydrogen-bond acceptors (Lipinski definition) is 0. The van der Waals surface area contributed by atoms with Gasteiger partial charge in [-0.1, -0.05) is 0 Å². The number of hydrogen-bond donors (Lipinski definition) is 0. The summed E-state index contributed by atoms with van der Waals surface area (Å²) in [7, 11) is 0. The van der Waals surface area contributed by atoms with Crippen LogP contribution in [0.25, 0.3) is 0 Å². The molecule has 94 valence electrons. The van der Waals surface area contributed by atoms with Crippen LogP contribution in [-0.2, 0) is 0 Å². The SMILES string of the molecule is Cl[SiH](Cl)Cl.Fc1[c-]c(F)c(F)c(F)c1F.[Br-].[Mg+2]. The van der Waals surface area contributed by atoms with Crippen LogP contribution in [0.5, 0.6) is 0 Å². The van der Waals surface area contributed by atoms with Crippen LogP contribution < -0.4 is 17.0 Å². The average Bonchev–Trinajstić information content (AvgIpc) is 2.11. The molecule has 0 spiro atoms. The van der Waals surface area contributed by atoms with E-state index in [1.165, 1.54) is 0 Å². The van der Waals surface area contributed by atoms with Crippen LogP contribution in [0.1, 0.15) is 0 Å². The molecule has 0 saturated heterocycles. The number of halogens is 9. The van der Waals surface area contributed by atoms with E-state index in [0.29, 0.717) is 0 Å². The van der Waals surface area contributed by atoms with Gasteiger partial charge >= 0.3 is 29.8 Å². The minimum absolute atomic E-state index is 0. The van der Waals surface area contributed by atoms with Crippen LogP contribution in [0.3, 0.4) is 0 Å². The molecule has 0 aliphatic carbocycles. The molecule has 0 aliphatic heterocycles. The van der Waals surface area contributed by atoms with Crippen molar-refractivity contribution in [3.8, 4) is 0 Å². The van der Waals surface area contributed by atoms with Crippen LogP contribution in [0.4, 0.5) is 22.0 Å². The minimum Gasteiger partial charge on any atom is -1.00 e. The molecule has 0 amide bonds. The molecule has 0 N–H and O–H groups in total. The largest absolute Gasteiger partial charge is 2.00 e. The van der Waals surface area contributed by atoms with Crippen LogP contribution in [0, 0.1) is 35.2 Å². The Morgan fingerprint density at radius 3 is 1.24 bits per heavy atom. The second-order valence-corrected chi connectivity index (χ2v) is 8.38. The van der Waals surface area contributed by atoms with Crippen molar-refractivity contribution in [1.29, 1.82) is 0 Å². The molecule has 0 heterocycles. The van der Waals surface area contributed by atoms with E-state index >= 15 is 0 Å². The summed E-state index contributed by atoms with van der Waals surface area (Å²) in [5, 5.41) is 0. The summed E-state index contributed by atoms with van der Waals surface area (Å²) in [6.07, 6.45) is 0. The molecule has 0 fully saturated rings. The standard InChI is InChI=1S/C6F5.BrH.Cl3HSi.Mg/c7-2-1-3(8)5(10)6(11)4(2)9;;1-4(2)3;/h;1H;4H;/q-1;;;+2/p-1. The van der Waals surface area contributed by atoms with E-state index < -0.39 is 35.8 Å². The molecule has 1 aromatic carbocycles. The second-order valence-electron chi connectivity index (χ2n) is 1.94. The van der Waals surface area contributed by atoms with Gasteiger partial charge in [0.25, 0.3) is 0 Å². The molecule has 0 aliphatic rings. The van der Waals surface area contributed by atoms with E-state index in [1.54, 1.807) is 0 Å². The Bertz CT molecular complexity index is 328. The van der Waals surface area contributed by atoms with Crippen LogP contribution in [0.15, 0.2) is 0 Å². The van der Waals surface area contributed by atoms with Gasteiger partial charge in [-0.25, -0.2) is 13.2 Å². The maximum absolute atomic E-state index is 12.0. The zero-order chi connectivity index (χ0) is 12.2. The van der Waals surface area contributed by atoms with E-state index in [0.717, 1.165) is 6.07 Å². The van der Waals surface area contributed by atoms with Crippen LogP contribution in [-0.4, -0.2) is 29.8 Å². The smallest absolute Gasteiger partial charge is 1.00 e. The fourth-order valence-electron chi connectivity index (χ4n) is 0.495. The summed E-state index contributed by atoms with van der Waals surface area (Å²) < 4.78 is 59.9. The van der Waals surface area contributed by atoms with Gasteiger partial charge in [0.1, 0.15) is 0 Å². The molecule has 0 nitrogen and oxygen atoms in total. The Hall–Kier alpha value is 1.20. The van der Waals surface area contributed by atoms with Gasteiger partial charge in [0.05, 0.1) is 29.1 Å². The third kappa shape index (κ3) is 8.84. The molecular formula is C6HBrCl3F5MgSi. The van der Waals surface area contributed by atoms with Gasteiger partial charge in [0.2, 0.25) is 0 Å². The van der Waals surface area contributed by atoms with Gasteiger partial charge < -0.3 is 17.0 Å². The first-order valence-electron chi connectivity index (χ1n) is 3.10. The molecule has 0 atom stereocenters. The first kappa shape index (κ1) is 23.3. The van der Waals surface area contributed by atoms with Gasteiger partial charge in [-0.3, -0.25) is 8.78 Å². The molecule has 0 bridgehead atoms. The molecule has 0 saturated carbocycles. The summed E-state index contributed by atoms with van der Waals surface area (Å²) in [6, 6.07) is 1.02. The van der Waals surface area contributed by atoms with Crippen molar-refractivity contribution < 1.29 is 38.9 Å². The van der Waals surface area contributed by atoms with Gasteiger partial charge in [-0.2, -0.15) is 0 Å². The summed E-state index contributed by atoms with van der Waals surface area (Å²) in [5.74, 6) is -10.0. The van der Waals surface area contributed by atoms with Gasteiger partial charge in [-0.05, 0) is 0 Å².